The van der Waals surface area contributed by atoms with Crippen LogP contribution in [0, 0.1) is 0 Å². The number of aromatic amines is 1. The van der Waals surface area contributed by atoms with Gasteiger partial charge in [0.25, 0.3) is 0 Å². The van der Waals surface area contributed by atoms with E-state index in [1.54, 1.807) is 16.6 Å². The van der Waals surface area contributed by atoms with Crippen molar-refractivity contribution in [1.29, 1.82) is 0 Å². The monoisotopic (exact) mass is 331 g/mol. The third-order valence-corrected chi connectivity index (χ3v) is 6.84. The molecule has 0 aliphatic carbocycles. The molecular weight excluding hydrogens is 310 g/mol. The number of sulfonamides is 1. The zero-order chi connectivity index (χ0) is 15.0. The zero-order valence-electron chi connectivity index (χ0n) is 12.3. The molecule has 118 valence electrons. The summed E-state index contributed by atoms with van der Waals surface area (Å²) in [6.45, 7) is 4.53. The van der Waals surface area contributed by atoms with Gasteiger partial charge in [0.05, 0.1) is 10.8 Å². The first-order valence-electron chi connectivity index (χ1n) is 7.51. The minimum atomic E-state index is -3.43. The van der Waals surface area contributed by atoms with E-state index in [4.69, 9.17) is 11.6 Å². The fraction of sp³-hybridized carbons (Fsp3) is 0.714. The van der Waals surface area contributed by atoms with Crippen LogP contribution < -0.4 is 0 Å². The second-order valence-electron chi connectivity index (χ2n) is 6.06. The smallest absolute Gasteiger partial charge is 0.244 e. The summed E-state index contributed by atoms with van der Waals surface area (Å²) in [6.07, 6.45) is 5.07. The normalized spacial score (nSPS) is 28.5. The number of aromatic nitrogens is 1. The Morgan fingerprint density at radius 3 is 2.90 bits per heavy atom. The largest absolute Gasteiger partial charge is 0.363 e. The molecule has 2 saturated heterocycles. The van der Waals surface area contributed by atoms with E-state index in [-0.39, 0.29) is 6.04 Å². The molecular formula is C14H22ClN3O2S. The summed E-state index contributed by atoms with van der Waals surface area (Å²) >= 11 is 5.75. The molecule has 3 heterocycles. The number of nitrogens with one attached hydrogen (secondary N) is 1. The predicted octanol–water partition coefficient (Wildman–Crippen LogP) is 2.00. The van der Waals surface area contributed by atoms with Crippen molar-refractivity contribution in [2.24, 2.45) is 0 Å². The van der Waals surface area contributed by atoms with E-state index in [1.165, 1.54) is 12.8 Å². The van der Waals surface area contributed by atoms with E-state index in [2.05, 4.69) is 9.88 Å². The lowest BCUT2D eigenvalue weighted by molar-refractivity contribution is 0.0564. The molecule has 2 aliphatic rings. The van der Waals surface area contributed by atoms with Crippen molar-refractivity contribution in [2.45, 2.75) is 49.0 Å². The number of rotatable bonds is 3. The SMILES string of the molecule is CC1CN2CCCCC2CN1S(=O)(=O)c1c[nH]c(CCl)c1. The standard InChI is InChI=1S/C14H22ClN3O2S/c1-11-9-17-5-3-2-4-13(17)10-18(11)21(19,20)14-6-12(7-15)16-8-14/h6,8,11,13,16H,2-5,7,9-10H2,1H3. The highest BCUT2D eigenvalue weighted by atomic mass is 35.5. The number of nitrogens with zero attached hydrogens (tertiary/aromatic N) is 2. The molecule has 7 heteroatoms. The molecule has 0 aromatic carbocycles. The van der Waals surface area contributed by atoms with Crippen LogP contribution in [0.5, 0.6) is 0 Å². The minimum absolute atomic E-state index is 0.0127. The van der Waals surface area contributed by atoms with Crippen molar-refractivity contribution in [3.63, 3.8) is 0 Å². The molecule has 2 fully saturated rings. The molecule has 0 amide bonds. The molecule has 0 saturated carbocycles. The average molecular weight is 332 g/mol. The summed E-state index contributed by atoms with van der Waals surface area (Å²) in [7, 11) is -3.43. The first-order chi connectivity index (χ1) is 10.0. The Labute approximate surface area is 131 Å². The van der Waals surface area contributed by atoms with Gasteiger partial charge in [-0.05, 0) is 32.4 Å². The Balaban J connectivity index is 1.84. The Morgan fingerprint density at radius 2 is 2.19 bits per heavy atom. The average Bonchev–Trinajstić information content (AvgIpc) is 2.96. The molecule has 2 unspecified atom stereocenters. The van der Waals surface area contributed by atoms with Gasteiger partial charge in [0.1, 0.15) is 0 Å². The molecule has 1 N–H and O–H groups in total. The van der Waals surface area contributed by atoms with E-state index in [9.17, 15) is 8.42 Å². The lowest BCUT2D eigenvalue weighted by atomic mass is 9.99. The van der Waals surface area contributed by atoms with Gasteiger partial charge in [-0.3, -0.25) is 4.90 Å². The summed E-state index contributed by atoms with van der Waals surface area (Å²) in [5.74, 6) is 0.293. The molecule has 21 heavy (non-hydrogen) atoms. The van der Waals surface area contributed by atoms with Crippen LogP contribution in [-0.4, -0.2) is 54.3 Å². The number of fused-ring (bicyclic) bond motifs is 1. The lowest BCUT2D eigenvalue weighted by Gasteiger charge is -2.46. The Morgan fingerprint density at radius 1 is 1.38 bits per heavy atom. The van der Waals surface area contributed by atoms with E-state index < -0.39 is 10.0 Å². The number of halogens is 1. The van der Waals surface area contributed by atoms with Gasteiger partial charge in [-0.15, -0.1) is 11.6 Å². The number of piperazine rings is 1. The second-order valence-corrected chi connectivity index (χ2v) is 8.22. The molecule has 1 aromatic rings. The van der Waals surface area contributed by atoms with Crippen LogP contribution >= 0.6 is 11.6 Å². The van der Waals surface area contributed by atoms with Gasteiger partial charge >= 0.3 is 0 Å². The van der Waals surface area contributed by atoms with Gasteiger partial charge < -0.3 is 4.98 Å². The number of alkyl halides is 1. The molecule has 5 nitrogen and oxygen atoms in total. The molecule has 0 radical (unpaired) electrons. The number of hydrogen-bond donors (Lipinski definition) is 1. The summed E-state index contributed by atoms with van der Waals surface area (Å²) < 4.78 is 27.4. The third kappa shape index (κ3) is 2.86. The van der Waals surface area contributed by atoms with Gasteiger partial charge in [-0.1, -0.05) is 6.42 Å². The molecule has 0 bridgehead atoms. The van der Waals surface area contributed by atoms with Crippen LogP contribution in [0.25, 0.3) is 0 Å². The summed E-state index contributed by atoms with van der Waals surface area (Å²) in [5, 5.41) is 0. The van der Waals surface area contributed by atoms with Crippen molar-refractivity contribution >= 4 is 21.6 Å². The van der Waals surface area contributed by atoms with Crippen LogP contribution in [0.15, 0.2) is 17.2 Å². The quantitative estimate of drug-likeness (QED) is 0.862. The highest BCUT2D eigenvalue weighted by Gasteiger charge is 2.39. The van der Waals surface area contributed by atoms with Gasteiger partial charge in [-0.2, -0.15) is 4.31 Å². The van der Waals surface area contributed by atoms with E-state index in [1.807, 2.05) is 6.92 Å². The van der Waals surface area contributed by atoms with Crippen LogP contribution in [0.4, 0.5) is 0 Å². The van der Waals surface area contributed by atoms with Crippen molar-refractivity contribution in [2.75, 3.05) is 19.6 Å². The van der Waals surface area contributed by atoms with Gasteiger partial charge in [0.15, 0.2) is 0 Å². The van der Waals surface area contributed by atoms with Gasteiger partial charge in [0, 0.05) is 37.1 Å². The van der Waals surface area contributed by atoms with Crippen LogP contribution in [-0.2, 0) is 15.9 Å². The van der Waals surface area contributed by atoms with E-state index in [0.29, 0.717) is 23.4 Å². The predicted molar refractivity (Wildman–Crippen MR) is 82.9 cm³/mol. The fourth-order valence-electron chi connectivity index (χ4n) is 3.44. The fourth-order valence-corrected chi connectivity index (χ4v) is 5.27. The van der Waals surface area contributed by atoms with Crippen molar-refractivity contribution < 1.29 is 8.42 Å². The first-order valence-corrected chi connectivity index (χ1v) is 9.49. The van der Waals surface area contributed by atoms with E-state index in [0.717, 1.165) is 25.2 Å². The maximum Gasteiger partial charge on any atom is 0.244 e. The second kappa shape index (κ2) is 5.91. The van der Waals surface area contributed by atoms with Crippen LogP contribution in [0.3, 0.4) is 0 Å². The molecule has 3 rings (SSSR count). The Bertz CT molecular complexity index is 601. The third-order valence-electron chi connectivity index (χ3n) is 4.60. The zero-order valence-corrected chi connectivity index (χ0v) is 13.8. The topological polar surface area (TPSA) is 56.4 Å². The lowest BCUT2D eigenvalue weighted by Crippen LogP contribution is -2.59. The number of H-pyrrole nitrogens is 1. The van der Waals surface area contributed by atoms with Crippen molar-refractivity contribution in [3.05, 3.63) is 18.0 Å². The molecule has 2 atom stereocenters. The minimum Gasteiger partial charge on any atom is -0.363 e. The maximum absolute atomic E-state index is 12.8. The van der Waals surface area contributed by atoms with Gasteiger partial charge in [0.2, 0.25) is 10.0 Å². The van der Waals surface area contributed by atoms with Crippen LogP contribution in [0.2, 0.25) is 0 Å². The molecule has 0 spiro atoms. The summed E-state index contributed by atoms with van der Waals surface area (Å²) in [4.78, 5) is 5.70. The highest BCUT2D eigenvalue weighted by molar-refractivity contribution is 7.89. The Kier molecular flexibility index (Phi) is 4.32. The number of hydrogen-bond acceptors (Lipinski definition) is 3. The van der Waals surface area contributed by atoms with Crippen molar-refractivity contribution in [3.8, 4) is 0 Å². The maximum atomic E-state index is 12.8. The van der Waals surface area contributed by atoms with Gasteiger partial charge in [-0.25, -0.2) is 8.42 Å². The highest BCUT2D eigenvalue weighted by Crippen LogP contribution is 2.28. The molecule has 2 aliphatic heterocycles. The summed E-state index contributed by atoms with van der Waals surface area (Å²) in [5.41, 5.74) is 0.735. The first kappa shape index (κ1) is 15.3. The van der Waals surface area contributed by atoms with Crippen molar-refractivity contribution in [1.82, 2.24) is 14.2 Å². The Hall–Kier alpha value is -0.560. The van der Waals surface area contributed by atoms with Crippen LogP contribution in [0.1, 0.15) is 31.9 Å². The number of piperidine rings is 1. The summed E-state index contributed by atoms with van der Waals surface area (Å²) in [6, 6.07) is 2.03. The van der Waals surface area contributed by atoms with E-state index >= 15 is 0 Å². The molecule has 1 aromatic heterocycles.